The van der Waals surface area contributed by atoms with Crippen molar-refractivity contribution in [3.8, 4) is 11.5 Å². The van der Waals surface area contributed by atoms with Gasteiger partial charge in [-0.1, -0.05) is 23.7 Å². The average Bonchev–Trinajstić information content (AvgIpc) is 2.87. The number of thiocarbonyl (C=S) groups is 1. The first kappa shape index (κ1) is 18.2. The molecule has 5 nitrogen and oxygen atoms in total. The van der Waals surface area contributed by atoms with Gasteiger partial charge >= 0.3 is 0 Å². The molecule has 26 heavy (non-hydrogen) atoms. The second-order valence-corrected chi connectivity index (χ2v) is 6.49. The van der Waals surface area contributed by atoms with Crippen LogP contribution in [0.2, 0.25) is 5.02 Å². The first-order valence-corrected chi connectivity index (χ1v) is 8.62. The van der Waals surface area contributed by atoms with E-state index in [2.05, 4.69) is 5.32 Å². The van der Waals surface area contributed by atoms with Gasteiger partial charge in [0.25, 0.3) is 5.91 Å². The number of carbonyl (C=O) groups is 1. The van der Waals surface area contributed by atoms with Crippen LogP contribution in [0.25, 0.3) is 6.08 Å². The second kappa shape index (κ2) is 7.76. The molecule has 1 fully saturated rings. The minimum atomic E-state index is -0.164. The third-order valence-electron chi connectivity index (χ3n) is 3.89. The molecule has 1 aliphatic heterocycles. The number of hydrogen-bond donors (Lipinski definition) is 1. The zero-order valence-electron chi connectivity index (χ0n) is 14.3. The van der Waals surface area contributed by atoms with Gasteiger partial charge in [0.05, 0.1) is 7.11 Å². The Balaban J connectivity index is 1.83. The summed E-state index contributed by atoms with van der Waals surface area (Å²) in [6.07, 6.45) is 1.75. The van der Waals surface area contributed by atoms with Gasteiger partial charge in [-0.25, -0.2) is 0 Å². The largest absolute Gasteiger partial charge is 0.496 e. The number of carbonyl (C=O) groups excluding carboxylic acids is 1. The molecule has 1 N–H and O–H groups in total. The summed E-state index contributed by atoms with van der Waals surface area (Å²) in [7, 11) is 3.24. The van der Waals surface area contributed by atoms with Crippen LogP contribution in [0.3, 0.4) is 0 Å². The van der Waals surface area contributed by atoms with E-state index in [1.54, 1.807) is 32.4 Å². The molecular weight excluding hydrogens is 372 g/mol. The minimum Gasteiger partial charge on any atom is -0.496 e. The SMILES string of the molecule is COc1ccc(/C=C2/NC(=S)N(C)C2=O)cc1COc1cccc(Cl)c1. The number of likely N-dealkylation sites (N-methyl/N-ethyl adjacent to an activating group) is 1. The molecule has 1 heterocycles. The molecule has 0 aromatic heterocycles. The molecule has 1 aliphatic rings. The van der Waals surface area contributed by atoms with Gasteiger partial charge in [0.15, 0.2) is 5.11 Å². The summed E-state index contributed by atoms with van der Waals surface area (Å²) in [6, 6.07) is 12.8. The lowest BCUT2D eigenvalue weighted by Crippen LogP contribution is -2.25. The van der Waals surface area contributed by atoms with E-state index in [0.29, 0.717) is 33.9 Å². The lowest BCUT2D eigenvalue weighted by atomic mass is 10.1. The molecule has 0 unspecified atom stereocenters. The van der Waals surface area contributed by atoms with Gasteiger partial charge in [-0.3, -0.25) is 9.69 Å². The van der Waals surface area contributed by atoms with Crippen LogP contribution in [-0.2, 0) is 11.4 Å². The van der Waals surface area contributed by atoms with Crippen molar-refractivity contribution in [3.05, 3.63) is 64.3 Å². The molecule has 2 aromatic carbocycles. The molecular formula is C19H17ClN2O3S. The number of nitrogens with zero attached hydrogens (tertiary/aromatic N) is 1. The van der Waals surface area contributed by atoms with Gasteiger partial charge < -0.3 is 14.8 Å². The van der Waals surface area contributed by atoms with Crippen LogP contribution in [0.4, 0.5) is 0 Å². The highest BCUT2D eigenvalue weighted by Gasteiger charge is 2.26. The molecule has 3 rings (SSSR count). The van der Waals surface area contributed by atoms with Crippen molar-refractivity contribution in [1.82, 2.24) is 10.2 Å². The molecule has 2 aromatic rings. The Labute approximate surface area is 162 Å². The smallest absolute Gasteiger partial charge is 0.276 e. The standard InChI is InChI=1S/C19H17ClN2O3S/c1-22-18(23)16(21-19(22)26)9-12-6-7-17(24-2)13(8-12)11-25-15-5-3-4-14(20)10-15/h3-10H,11H2,1-2H3,(H,21,26)/b16-9+. The van der Waals surface area contributed by atoms with Gasteiger partial charge in [0.2, 0.25) is 0 Å². The highest BCUT2D eigenvalue weighted by molar-refractivity contribution is 7.80. The molecule has 0 aliphatic carbocycles. The first-order chi connectivity index (χ1) is 12.5. The Bertz CT molecular complexity index is 898. The van der Waals surface area contributed by atoms with Crippen molar-refractivity contribution in [2.24, 2.45) is 0 Å². The Morgan fingerprint density at radius 1 is 1.27 bits per heavy atom. The molecule has 0 radical (unpaired) electrons. The lowest BCUT2D eigenvalue weighted by Gasteiger charge is -2.11. The van der Waals surface area contributed by atoms with Gasteiger partial charge in [-0.05, 0) is 54.2 Å². The fourth-order valence-corrected chi connectivity index (χ4v) is 2.88. The Hall–Kier alpha value is -2.57. The zero-order chi connectivity index (χ0) is 18.7. The van der Waals surface area contributed by atoms with Crippen molar-refractivity contribution >= 4 is 40.9 Å². The topological polar surface area (TPSA) is 50.8 Å². The van der Waals surface area contributed by atoms with Crippen molar-refractivity contribution < 1.29 is 14.3 Å². The van der Waals surface area contributed by atoms with Crippen LogP contribution < -0.4 is 14.8 Å². The van der Waals surface area contributed by atoms with E-state index in [1.807, 2.05) is 30.3 Å². The number of hydrogen-bond acceptors (Lipinski definition) is 4. The van der Waals surface area contributed by atoms with Crippen LogP contribution >= 0.6 is 23.8 Å². The van der Waals surface area contributed by atoms with Crippen LogP contribution in [0.5, 0.6) is 11.5 Å². The molecule has 0 spiro atoms. The van der Waals surface area contributed by atoms with Gasteiger partial charge in [-0.2, -0.15) is 0 Å². The third-order valence-corrected chi connectivity index (χ3v) is 4.50. The number of ether oxygens (including phenoxy) is 2. The lowest BCUT2D eigenvalue weighted by molar-refractivity contribution is -0.121. The molecule has 0 bridgehead atoms. The summed E-state index contributed by atoms with van der Waals surface area (Å²) in [5.41, 5.74) is 2.12. The maximum atomic E-state index is 12.1. The summed E-state index contributed by atoms with van der Waals surface area (Å²) < 4.78 is 11.2. The summed E-state index contributed by atoms with van der Waals surface area (Å²) in [4.78, 5) is 13.5. The van der Waals surface area contributed by atoms with Crippen LogP contribution in [0.15, 0.2) is 48.2 Å². The summed E-state index contributed by atoms with van der Waals surface area (Å²) in [5, 5.41) is 3.90. The van der Waals surface area contributed by atoms with Crippen molar-refractivity contribution in [1.29, 1.82) is 0 Å². The van der Waals surface area contributed by atoms with Gasteiger partial charge in [0, 0.05) is 17.6 Å². The Morgan fingerprint density at radius 3 is 2.73 bits per heavy atom. The van der Waals surface area contributed by atoms with E-state index >= 15 is 0 Å². The Morgan fingerprint density at radius 2 is 2.08 bits per heavy atom. The van der Waals surface area contributed by atoms with Crippen molar-refractivity contribution in [3.63, 3.8) is 0 Å². The molecule has 134 valence electrons. The number of nitrogens with one attached hydrogen (secondary N) is 1. The number of benzene rings is 2. The Kier molecular flexibility index (Phi) is 5.44. The quantitative estimate of drug-likeness (QED) is 0.626. The van der Waals surface area contributed by atoms with Crippen molar-refractivity contribution in [2.45, 2.75) is 6.61 Å². The zero-order valence-corrected chi connectivity index (χ0v) is 15.9. The number of amides is 1. The monoisotopic (exact) mass is 388 g/mol. The van der Waals surface area contributed by atoms with E-state index in [9.17, 15) is 4.79 Å². The fraction of sp³-hybridized carbons (Fsp3) is 0.158. The van der Waals surface area contributed by atoms with Crippen molar-refractivity contribution in [2.75, 3.05) is 14.2 Å². The maximum absolute atomic E-state index is 12.1. The summed E-state index contributed by atoms with van der Waals surface area (Å²) in [5.74, 6) is 1.21. The van der Waals surface area contributed by atoms with Crippen LogP contribution in [-0.4, -0.2) is 30.1 Å². The predicted octanol–water partition coefficient (Wildman–Crippen LogP) is 3.62. The van der Waals surface area contributed by atoms with E-state index in [0.717, 1.165) is 11.1 Å². The number of rotatable bonds is 5. The molecule has 0 atom stereocenters. The minimum absolute atomic E-state index is 0.164. The average molecular weight is 389 g/mol. The number of halogens is 1. The predicted molar refractivity (Wildman–Crippen MR) is 105 cm³/mol. The van der Waals surface area contributed by atoms with E-state index in [4.69, 9.17) is 33.3 Å². The fourth-order valence-electron chi connectivity index (χ4n) is 2.51. The van der Waals surface area contributed by atoms with Crippen LogP contribution in [0, 0.1) is 0 Å². The summed E-state index contributed by atoms with van der Waals surface area (Å²) >= 11 is 11.1. The normalized spacial score (nSPS) is 15.3. The third kappa shape index (κ3) is 3.98. The van der Waals surface area contributed by atoms with Gasteiger partial charge in [0.1, 0.15) is 23.8 Å². The van der Waals surface area contributed by atoms with Gasteiger partial charge in [-0.15, -0.1) is 0 Å². The van der Waals surface area contributed by atoms with Crippen LogP contribution in [0.1, 0.15) is 11.1 Å². The summed E-state index contributed by atoms with van der Waals surface area (Å²) in [6.45, 7) is 0.306. The highest BCUT2D eigenvalue weighted by atomic mass is 35.5. The molecule has 1 saturated heterocycles. The number of methoxy groups -OCH3 is 1. The van der Waals surface area contributed by atoms with E-state index < -0.39 is 0 Å². The molecule has 7 heteroatoms. The second-order valence-electron chi connectivity index (χ2n) is 5.67. The highest BCUT2D eigenvalue weighted by Crippen LogP contribution is 2.25. The van der Waals surface area contributed by atoms with E-state index in [-0.39, 0.29) is 5.91 Å². The first-order valence-electron chi connectivity index (χ1n) is 7.84. The molecule has 0 saturated carbocycles. The maximum Gasteiger partial charge on any atom is 0.276 e. The van der Waals surface area contributed by atoms with E-state index in [1.165, 1.54) is 4.90 Å². The molecule has 1 amide bonds.